The first-order chi connectivity index (χ1) is 15.7. The van der Waals surface area contributed by atoms with Crippen LogP contribution in [0.5, 0.6) is 11.5 Å². The fourth-order valence-corrected chi connectivity index (χ4v) is 4.15. The van der Waals surface area contributed by atoms with Crippen LogP contribution in [0, 0.1) is 6.92 Å². The molecular weight excluding hydrogens is 464 g/mol. The maximum absolute atomic E-state index is 12.8. The standard InChI is InChI=1S/C24H23ClN2O5S/c1-16-4-11-20(33(29,30)27-19-9-7-18(25)8-10-19)15-21(16)26-24(28)13-6-17-5-12-22(31-2)23(14-17)32-3/h4-15,27H,1-3H3,(H,26,28)/b13-6+. The molecule has 0 fully saturated rings. The van der Waals surface area contributed by atoms with Crippen LogP contribution in [-0.2, 0) is 14.8 Å². The van der Waals surface area contributed by atoms with E-state index in [-0.39, 0.29) is 4.90 Å². The molecule has 0 atom stereocenters. The van der Waals surface area contributed by atoms with Gasteiger partial charge in [0, 0.05) is 22.5 Å². The third-order valence-corrected chi connectivity index (χ3v) is 6.34. The molecule has 7 nitrogen and oxygen atoms in total. The zero-order chi connectivity index (χ0) is 24.0. The average molecular weight is 487 g/mol. The van der Waals surface area contributed by atoms with Gasteiger partial charge in [-0.25, -0.2) is 8.42 Å². The Bertz CT molecular complexity index is 1290. The number of nitrogens with one attached hydrogen (secondary N) is 2. The van der Waals surface area contributed by atoms with Crippen LogP contribution < -0.4 is 19.5 Å². The number of anilines is 2. The van der Waals surface area contributed by atoms with Crippen molar-refractivity contribution < 1.29 is 22.7 Å². The number of sulfonamides is 1. The molecule has 3 rings (SSSR count). The second kappa shape index (κ2) is 10.4. The lowest BCUT2D eigenvalue weighted by atomic mass is 10.1. The van der Waals surface area contributed by atoms with Crippen LogP contribution in [-0.4, -0.2) is 28.5 Å². The number of rotatable bonds is 8. The highest BCUT2D eigenvalue weighted by Crippen LogP contribution is 2.28. The summed E-state index contributed by atoms with van der Waals surface area (Å²) >= 11 is 5.85. The van der Waals surface area contributed by atoms with Gasteiger partial charge < -0.3 is 14.8 Å². The summed E-state index contributed by atoms with van der Waals surface area (Å²) in [4.78, 5) is 12.5. The number of benzene rings is 3. The van der Waals surface area contributed by atoms with Gasteiger partial charge in [-0.05, 0) is 72.7 Å². The summed E-state index contributed by atoms with van der Waals surface area (Å²) in [5.41, 5.74) is 2.22. The van der Waals surface area contributed by atoms with Crippen molar-refractivity contribution in [1.82, 2.24) is 0 Å². The van der Waals surface area contributed by atoms with Gasteiger partial charge in [-0.1, -0.05) is 23.7 Å². The Morgan fingerprint density at radius 3 is 2.30 bits per heavy atom. The second-order valence-electron chi connectivity index (χ2n) is 7.03. The number of amides is 1. The molecule has 172 valence electrons. The Morgan fingerprint density at radius 1 is 0.939 bits per heavy atom. The highest BCUT2D eigenvalue weighted by Gasteiger charge is 2.16. The SMILES string of the molecule is COc1ccc(/C=C/C(=O)Nc2cc(S(=O)(=O)Nc3ccc(Cl)cc3)ccc2C)cc1OC. The van der Waals surface area contributed by atoms with Crippen molar-refractivity contribution in [2.75, 3.05) is 24.3 Å². The lowest BCUT2D eigenvalue weighted by molar-refractivity contribution is -0.111. The molecule has 2 N–H and O–H groups in total. The Balaban J connectivity index is 1.76. The van der Waals surface area contributed by atoms with Crippen LogP contribution in [0.4, 0.5) is 11.4 Å². The van der Waals surface area contributed by atoms with E-state index in [0.717, 1.165) is 5.56 Å². The molecule has 0 heterocycles. The maximum atomic E-state index is 12.8. The number of methoxy groups -OCH3 is 2. The topological polar surface area (TPSA) is 93.7 Å². The van der Waals surface area contributed by atoms with E-state index >= 15 is 0 Å². The van der Waals surface area contributed by atoms with Crippen molar-refractivity contribution in [3.05, 3.63) is 82.9 Å². The third-order valence-electron chi connectivity index (χ3n) is 4.71. The Morgan fingerprint density at radius 2 is 1.64 bits per heavy atom. The predicted octanol–water partition coefficient (Wildman–Crippen LogP) is 5.12. The van der Waals surface area contributed by atoms with Crippen LogP contribution in [0.1, 0.15) is 11.1 Å². The van der Waals surface area contributed by atoms with Crippen molar-refractivity contribution in [3.8, 4) is 11.5 Å². The van der Waals surface area contributed by atoms with Gasteiger partial charge in [0.25, 0.3) is 10.0 Å². The van der Waals surface area contributed by atoms with Gasteiger partial charge in [-0.2, -0.15) is 0 Å². The molecule has 1 amide bonds. The van der Waals surface area contributed by atoms with E-state index in [2.05, 4.69) is 10.0 Å². The van der Waals surface area contributed by atoms with Crippen LogP contribution in [0.25, 0.3) is 6.08 Å². The van der Waals surface area contributed by atoms with Crippen LogP contribution >= 0.6 is 11.6 Å². The summed E-state index contributed by atoms with van der Waals surface area (Å²) in [5.74, 6) is 0.718. The minimum atomic E-state index is -3.86. The highest BCUT2D eigenvalue weighted by molar-refractivity contribution is 7.92. The Kier molecular flexibility index (Phi) is 7.63. The van der Waals surface area contributed by atoms with Crippen molar-refractivity contribution in [2.45, 2.75) is 11.8 Å². The van der Waals surface area contributed by atoms with E-state index in [9.17, 15) is 13.2 Å². The third kappa shape index (κ3) is 6.27. The number of carbonyl (C=O) groups is 1. The van der Waals surface area contributed by atoms with E-state index in [1.54, 1.807) is 68.6 Å². The Labute approximate surface area is 198 Å². The van der Waals surface area contributed by atoms with E-state index in [4.69, 9.17) is 21.1 Å². The minimum Gasteiger partial charge on any atom is -0.493 e. The normalized spacial score (nSPS) is 11.3. The maximum Gasteiger partial charge on any atom is 0.261 e. The quantitative estimate of drug-likeness (QED) is 0.431. The van der Waals surface area contributed by atoms with Crippen LogP contribution in [0.15, 0.2) is 71.6 Å². The fraction of sp³-hybridized carbons (Fsp3) is 0.125. The molecule has 9 heteroatoms. The van der Waals surface area contributed by atoms with Crippen molar-refractivity contribution in [1.29, 1.82) is 0 Å². The average Bonchev–Trinajstić information content (AvgIpc) is 2.80. The first kappa shape index (κ1) is 24.2. The van der Waals surface area contributed by atoms with Gasteiger partial charge in [-0.15, -0.1) is 0 Å². The van der Waals surface area contributed by atoms with Crippen molar-refractivity contribution >= 4 is 45.0 Å². The summed E-state index contributed by atoms with van der Waals surface area (Å²) in [6, 6.07) is 16.1. The molecule has 0 aromatic heterocycles. The van der Waals surface area contributed by atoms with Crippen molar-refractivity contribution in [3.63, 3.8) is 0 Å². The molecule has 0 aliphatic carbocycles. The molecule has 33 heavy (non-hydrogen) atoms. The highest BCUT2D eigenvalue weighted by atomic mass is 35.5. The van der Waals surface area contributed by atoms with E-state index in [1.807, 2.05) is 0 Å². The molecular formula is C24H23ClN2O5S. The first-order valence-corrected chi connectivity index (χ1v) is 11.7. The molecule has 0 aliphatic heterocycles. The number of hydrogen-bond acceptors (Lipinski definition) is 5. The zero-order valence-electron chi connectivity index (χ0n) is 18.3. The number of ether oxygens (including phenoxy) is 2. The minimum absolute atomic E-state index is 0.0159. The number of aryl methyl sites for hydroxylation is 1. The van der Waals surface area contributed by atoms with Gasteiger partial charge in [0.15, 0.2) is 11.5 Å². The summed E-state index contributed by atoms with van der Waals surface area (Å²) in [7, 11) is -0.783. The number of halogens is 1. The molecule has 3 aromatic rings. The molecule has 3 aromatic carbocycles. The monoisotopic (exact) mass is 486 g/mol. The van der Waals surface area contributed by atoms with Gasteiger partial charge in [0.2, 0.25) is 5.91 Å². The molecule has 0 saturated carbocycles. The van der Waals surface area contributed by atoms with Gasteiger partial charge in [0.1, 0.15) is 0 Å². The zero-order valence-corrected chi connectivity index (χ0v) is 19.8. The Hall–Kier alpha value is -3.49. The fourth-order valence-electron chi connectivity index (χ4n) is 2.94. The first-order valence-electron chi connectivity index (χ1n) is 9.82. The number of carbonyl (C=O) groups excluding carboxylic acids is 1. The smallest absolute Gasteiger partial charge is 0.261 e. The lowest BCUT2D eigenvalue weighted by Gasteiger charge is -2.12. The van der Waals surface area contributed by atoms with E-state index < -0.39 is 15.9 Å². The number of hydrogen-bond donors (Lipinski definition) is 2. The summed E-state index contributed by atoms with van der Waals surface area (Å²) in [6.45, 7) is 1.77. The van der Waals surface area contributed by atoms with Gasteiger partial charge >= 0.3 is 0 Å². The second-order valence-corrected chi connectivity index (χ2v) is 9.14. The predicted molar refractivity (Wildman–Crippen MR) is 131 cm³/mol. The van der Waals surface area contributed by atoms with E-state index in [1.165, 1.54) is 25.3 Å². The molecule has 0 bridgehead atoms. The molecule has 0 unspecified atom stereocenters. The summed E-state index contributed by atoms with van der Waals surface area (Å²) in [5, 5.41) is 3.22. The van der Waals surface area contributed by atoms with Gasteiger partial charge in [0.05, 0.1) is 19.1 Å². The molecule has 0 spiro atoms. The molecule has 0 saturated heterocycles. The van der Waals surface area contributed by atoms with Crippen molar-refractivity contribution in [2.24, 2.45) is 0 Å². The van der Waals surface area contributed by atoms with Crippen LogP contribution in [0.2, 0.25) is 5.02 Å². The van der Waals surface area contributed by atoms with E-state index in [0.29, 0.717) is 33.5 Å². The molecule has 0 radical (unpaired) electrons. The van der Waals surface area contributed by atoms with Gasteiger partial charge in [-0.3, -0.25) is 9.52 Å². The largest absolute Gasteiger partial charge is 0.493 e. The summed E-state index contributed by atoms with van der Waals surface area (Å²) < 4.78 is 38.5. The summed E-state index contributed by atoms with van der Waals surface area (Å²) in [6.07, 6.45) is 2.98. The lowest BCUT2D eigenvalue weighted by Crippen LogP contribution is -2.14. The molecule has 0 aliphatic rings. The van der Waals surface area contributed by atoms with Crippen LogP contribution in [0.3, 0.4) is 0 Å².